The van der Waals surface area contributed by atoms with E-state index in [0.717, 1.165) is 22.3 Å². The molecule has 4 rings (SSSR count). The molecule has 0 saturated carbocycles. The molecule has 0 unspecified atom stereocenters. The summed E-state index contributed by atoms with van der Waals surface area (Å²) in [6, 6.07) is 23.1. The van der Waals surface area contributed by atoms with Crippen molar-refractivity contribution in [3.63, 3.8) is 0 Å². The molecule has 2 N–H and O–H groups in total. The minimum Gasteiger partial charge on any atom is -0.334 e. The van der Waals surface area contributed by atoms with Gasteiger partial charge in [-0.1, -0.05) is 66.2 Å². The van der Waals surface area contributed by atoms with Crippen molar-refractivity contribution < 1.29 is 14.8 Å². The van der Waals surface area contributed by atoms with Crippen molar-refractivity contribution in [3.05, 3.63) is 106 Å². The molecule has 5 heteroatoms. The van der Waals surface area contributed by atoms with Gasteiger partial charge in [0.2, 0.25) is 0 Å². The van der Waals surface area contributed by atoms with Crippen molar-refractivity contribution >= 4 is 23.5 Å². The SMILES string of the molecule is Cc1ccc(/C=C(/C(=O)N2CCc3ccc(C(=O)NO)cc3C2)c2ccccc2)cc1. The molecule has 0 aliphatic carbocycles. The number of aryl methyl sites for hydroxylation is 1. The zero-order chi connectivity index (χ0) is 21.8. The maximum Gasteiger partial charge on any atom is 0.274 e. The van der Waals surface area contributed by atoms with Gasteiger partial charge in [-0.05, 0) is 53.8 Å². The van der Waals surface area contributed by atoms with Gasteiger partial charge in [-0.2, -0.15) is 0 Å². The van der Waals surface area contributed by atoms with Gasteiger partial charge in [-0.25, -0.2) is 5.48 Å². The van der Waals surface area contributed by atoms with Crippen molar-refractivity contribution in [1.82, 2.24) is 10.4 Å². The van der Waals surface area contributed by atoms with Crippen LogP contribution in [0.3, 0.4) is 0 Å². The van der Waals surface area contributed by atoms with Crippen LogP contribution >= 0.6 is 0 Å². The predicted molar refractivity (Wildman–Crippen MR) is 120 cm³/mol. The molecule has 0 saturated heterocycles. The molecule has 0 fully saturated rings. The number of hydrogen-bond donors (Lipinski definition) is 2. The number of rotatable bonds is 4. The van der Waals surface area contributed by atoms with E-state index in [0.29, 0.717) is 30.6 Å². The highest BCUT2D eigenvalue weighted by Gasteiger charge is 2.25. The molecular formula is C26H24N2O3. The Morgan fingerprint density at radius 2 is 1.68 bits per heavy atom. The first-order valence-electron chi connectivity index (χ1n) is 10.2. The van der Waals surface area contributed by atoms with Crippen LogP contribution in [0, 0.1) is 6.92 Å². The van der Waals surface area contributed by atoms with Gasteiger partial charge in [0.05, 0.1) is 0 Å². The van der Waals surface area contributed by atoms with E-state index in [1.807, 2.05) is 78.6 Å². The summed E-state index contributed by atoms with van der Waals surface area (Å²) in [6.07, 6.45) is 2.65. The fraction of sp³-hybridized carbons (Fsp3) is 0.154. The topological polar surface area (TPSA) is 69.6 Å². The van der Waals surface area contributed by atoms with E-state index in [4.69, 9.17) is 5.21 Å². The average Bonchev–Trinajstić information content (AvgIpc) is 2.82. The van der Waals surface area contributed by atoms with Crippen molar-refractivity contribution in [3.8, 4) is 0 Å². The van der Waals surface area contributed by atoms with Crippen LogP contribution in [0.2, 0.25) is 0 Å². The summed E-state index contributed by atoms with van der Waals surface area (Å²) < 4.78 is 0. The largest absolute Gasteiger partial charge is 0.334 e. The van der Waals surface area contributed by atoms with Crippen LogP contribution in [-0.2, 0) is 17.8 Å². The smallest absolute Gasteiger partial charge is 0.274 e. The van der Waals surface area contributed by atoms with E-state index >= 15 is 0 Å². The summed E-state index contributed by atoms with van der Waals surface area (Å²) in [5.74, 6) is -0.607. The number of nitrogens with one attached hydrogen (secondary N) is 1. The molecule has 0 aromatic heterocycles. The van der Waals surface area contributed by atoms with Crippen LogP contribution in [0.4, 0.5) is 0 Å². The Kier molecular flexibility index (Phi) is 5.96. The maximum absolute atomic E-state index is 13.6. The Balaban J connectivity index is 1.66. The zero-order valence-corrected chi connectivity index (χ0v) is 17.3. The van der Waals surface area contributed by atoms with Crippen LogP contribution in [-0.4, -0.2) is 28.5 Å². The number of hydroxylamine groups is 1. The first kappa shape index (κ1) is 20.6. The highest BCUT2D eigenvalue weighted by atomic mass is 16.5. The van der Waals surface area contributed by atoms with Crippen LogP contribution in [0.5, 0.6) is 0 Å². The summed E-state index contributed by atoms with van der Waals surface area (Å²) >= 11 is 0. The molecule has 156 valence electrons. The lowest BCUT2D eigenvalue weighted by atomic mass is 9.95. The Morgan fingerprint density at radius 3 is 2.39 bits per heavy atom. The van der Waals surface area contributed by atoms with Gasteiger partial charge in [-0.3, -0.25) is 14.8 Å². The van der Waals surface area contributed by atoms with Gasteiger partial charge >= 0.3 is 0 Å². The third-order valence-corrected chi connectivity index (χ3v) is 5.57. The quantitative estimate of drug-likeness (QED) is 0.291. The lowest BCUT2D eigenvalue weighted by Gasteiger charge is -2.30. The second kappa shape index (κ2) is 8.98. The van der Waals surface area contributed by atoms with Gasteiger partial charge in [0.1, 0.15) is 0 Å². The molecule has 0 radical (unpaired) electrons. The Labute approximate surface area is 181 Å². The molecule has 0 spiro atoms. The molecule has 2 amide bonds. The minimum absolute atomic E-state index is 0.0468. The summed E-state index contributed by atoms with van der Waals surface area (Å²) in [7, 11) is 0. The molecule has 1 heterocycles. The fourth-order valence-corrected chi connectivity index (χ4v) is 3.82. The molecule has 3 aromatic carbocycles. The van der Waals surface area contributed by atoms with Crippen LogP contribution < -0.4 is 5.48 Å². The van der Waals surface area contributed by atoms with Gasteiger partial charge in [-0.15, -0.1) is 0 Å². The molecule has 3 aromatic rings. The summed E-state index contributed by atoms with van der Waals surface area (Å²) in [5.41, 5.74) is 7.71. The van der Waals surface area contributed by atoms with E-state index in [1.165, 1.54) is 5.56 Å². The standard InChI is InChI=1S/C26H24N2O3/c1-18-7-9-19(10-8-18)15-24(21-5-3-2-4-6-21)26(30)28-14-13-20-11-12-22(25(29)27-31)16-23(20)17-28/h2-12,15-16,31H,13-14,17H2,1H3,(H,27,29)/b24-15+. The van der Waals surface area contributed by atoms with Gasteiger partial charge < -0.3 is 4.90 Å². The molecule has 1 aliphatic heterocycles. The first-order valence-corrected chi connectivity index (χ1v) is 10.2. The second-order valence-electron chi connectivity index (χ2n) is 7.74. The molecule has 0 bridgehead atoms. The van der Waals surface area contributed by atoms with Crippen LogP contribution in [0.15, 0.2) is 72.8 Å². The average molecular weight is 412 g/mol. The van der Waals surface area contributed by atoms with E-state index in [2.05, 4.69) is 0 Å². The lowest BCUT2D eigenvalue weighted by molar-refractivity contribution is -0.125. The lowest BCUT2D eigenvalue weighted by Crippen LogP contribution is -2.36. The van der Waals surface area contributed by atoms with Crippen molar-refractivity contribution in [2.75, 3.05) is 6.54 Å². The molecule has 1 aliphatic rings. The third kappa shape index (κ3) is 4.57. The van der Waals surface area contributed by atoms with Crippen molar-refractivity contribution in [2.45, 2.75) is 19.9 Å². The fourth-order valence-electron chi connectivity index (χ4n) is 3.82. The number of hydrogen-bond acceptors (Lipinski definition) is 3. The van der Waals surface area contributed by atoms with Gasteiger partial charge in [0.15, 0.2) is 0 Å². The molecule has 5 nitrogen and oxygen atoms in total. The Hall–Kier alpha value is -3.70. The highest BCUT2D eigenvalue weighted by Crippen LogP contribution is 2.26. The maximum atomic E-state index is 13.6. The summed E-state index contributed by atoms with van der Waals surface area (Å²) in [4.78, 5) is 27.2. The first-order chi connectivity index (χ1) is 15.0. The normalized spacial score (nSPS) is 13.5. The van der Waals surface area contributed by atoms with Crippen LogP contribution in [0.25, 0.3) is 11.6 Å². The van der Waals surface area contributed by atoms with E-state index < -0.39 is 5.91 Å². The predicted octanol–water partition coefficient (Wildman–Crippen LogP) is 4.24. The van der Waals surface area contributed by atoms with E-state index in [1.54, 1.807) is 17.6 Å². The number of carbonyl (C=O) groups excluding carboxylic acids is 2. The number of fused-ring (bicyclic) bond motifs is 1. The zero-order valence-electron chi connectivity index (χ0n) is 17.3. The third-order valence-electron chi connectivity index (χ3n) is 5.57. The van der Waals surface area contributed by atoms with Crippen molar-refractivity contribution in [1.29, 1.82) is 0 Å². The second-order valence-corrected chi connectivity index (χ2v) is 7.74. The Morgan fingerprint density at radius 1 is 0.935 bits per heavy atom. The molecule has 0 atom stereocenters. The van der Waals surface area contributed by atoms with Gasteiger partial charge in [0.25, 0.3) is 11.8 Å². The van der Waals surface area contributed by atoms with Gasteiger partial charge in [0, 0.05) is 24.2 Å². The monoisotopic (exact) mass is 412 g/mol. The number of amides is 2. The number of nitrogens with zero attached hydrogens (tertiary/aromatic N) is 1. The number of benzene rings is 3. The molecular weight excluding hydrogens is 388 g/mol. The van der Waals surface area contributed by atoms with E-state index in [9.17, 15) is 9.59 Å². The number of carbonyl (C=O) groups is 2. The Bertz CT molecular complexity index is 1140. The van der Waals surface area contributed by atoms with E-state index in [-0.39, 0.29) is 5.91 Å². The minimum atomic E-state index is -0.560. The summed E-state index contributed by atoms with van der Waals surface area (Å²) in [6.45, 7) is 3.06. The van der Waals surface area contributed by atoms with Crippen LogP contribution in [0.1, 0.15) is 38.2 Å². The highest BCUT2D eigenvalue weighted by molar-refractivity contribution is 6.24. The summed E-state index contributed by atoms with van der Waals surface area (Å²) in [5, 5.41) is 8.92. The molecule has 31 heavy (non-hydrogen) atoms. The van der Waals surface area contributed by atoms with Crippen molar-refractivity contribution in [2.24, 2.45) is 0 Å².